The third-order valence-corrected chi connectivity index (χ3v) is 3.80. The lowest BCUT2D eigenvalue weighted by Crippen LogP contribution is -2.52. The maximum absolute atomic E-state index is 9.41. The van der Waals surface area contributed by atoms with Crippen molar-refractivity contribution in [2.24, 2.45) is 5.92 Å². The van der Waals surface area contributed by atoms with Gasteiger partial charge in [0, 0.05) is 6.04 Å². The van der Waals surface area contributed by atoms with Crippen LogP contribution in [0.3, 0.4) is 0 Å². The highest BCUT2D eigenvalue weighted by Gasteiger charge is 2.43. The minimum absolute atomic E-state index is 0.172. The van der Waals surface area contributed by atoms with Gasteiger partial charge in [-0.3, -0.25) is 5.32 Å². The fourth-order valence-electron chi connectivity index (χ4n) is 2.76. The van der Waals surface area contributed by atoms with Crippen LogP contribution in [0, 0.1) is 17.2 Å². The Hall–Kier alpha value is -0.550. The van der Waals surface area contributed by atoms with Crippen LogP contribution in [0.4, 0.5) is 0 Å². The third kappa shape index (κ3) is 1.79. The zero-order valence-electron chi connectivity index (χ0n) is 9.05. The van der Waals surface area contributed by atoms with E-state index in [0.717, 1.165) is 12.8 Å². The Labute approximate surface area is 86.7 Å². The quantitative estimate of drug-likeness (QED) is 0.746. The Balaban J connectivity index is 2.08. The summed E-state index contributed by atoms with van der Waals surface area (Å²) in [7, 11) is 0. The molecule has 0 amide bonds. The van der Waals surface area contributed by atoms with Crippen LogP contribution in [0.15, 0.2) is 0 Å². The summed E-state index contributed by atoms with van der Waals surface area (Å²) in [5.41, 5.74) is -0.172. The van der Waals surface area contributed by atoms with Crippen molar-refractivity contribution >= 4 is 0 Å². The van der Waals surface area contributed by atoms with E-state index in [1.165, 1.54) is 32.1 Å². The van der Waals surface area contributed by atoms with Crippen LogP contribution in [0.5, 0.6) is 0 Å². The van der Waals surface area contributed by atoms with Crippen molar-refractivity contribution in [2.45, 2.75) is 63.5 Å². The Morgan fingerprint density at radius 1 is 1.36 bits per heavy atom. The second-order valence-electron chi connectivity index (χ2n) is 4.85. The standard InChI is InChI=1S/C12H20N2/c1-2-10-5-3-4-8-12(10,9-13)14-11-6-7-11/h10-11,14H,2-8H2,1H3. The number of nitrogens with one attached hydrogen (secondary N) is 1. The van der Waals surface area contributed by atoms with Gasteiger partial charge in [-0.05, 0) is 31.6 Å². The van der Waals surface area contributed by atoms with Crippen LogP contribution < -0.4 is 5.32 Å². The van der Waals surface area contributed by atoms with Gasteiger partial charge in [0.05, 0.1) is 6.07 Å². The van der Waals surface area contributed by atoms with Crippen LogP contribution >= 0.6 is 0 Å². The molecule has 0 aromatic rings. The Morgan fingerprint density at radius 2 is 2.14 bits per heavy atom. The highest BCUT2D eigenvalue weighted by atomic mass is 15.0. The predicted octanol–water partition coefficient (Wildman–Crippen LogP) is 2.60. The minimum atomic E-state index is -0.172. The number of hydrogen-bond donors (Lipinski definition) is 1. The largest absolute Gasteiger partial charge is 0.296 e. The molecule has 2 nitrogen and oxygen atoms in total. The van der Waals surface area contributed by atoms with E-state index in [1.54, 1.807) is 0 Å². The molecule has 1 N–H and O–H groups in total. The second kappa shape index (κ2) is 3.90. The summed E-state index contributed by atoms with van der Waals surface area (Å²) in [6.45, 7) is 2.22. The van der Waals surface area contributed by atoms with Crippen LogP contribution in [0.2, 0.25) is 0 Å². The summed E-state index contributed by atoms with van der Waals surface area (Å²) >= 11 is 0. The zero-order valence-corrected chi connectivity index (χ0v) is 9.05. The van der Waals surface area contributed by atoms with Gasteiger partial charge in [0.1, 0.15) is 5.54 Å². The number of nitrogens with zero attached hydrogens (tertiary/aromatic N) is 1. The summed E-state index contributed by atoms with van der Waals surface area (Å²) in [4.78, 5) is 0. The molecule has 2 heteroatoms. The fraction of sp³-hybridized carbons (Fsp3) is 0.917. The molecular weight excluding hydrogens is 172 g/mol. The lowest BCUT2D eigenvalue weighted by atomic mass is 9.72. The number of nitriles is 1. The molecule has 2 unspecified atom stereocenters. The molecule has 2 rings (SSSR count). The monoisotopic (exact) mass is 192 g/mol. The molecule has 0 aromatic heterocycles. The summed E-state index contributed by atoms with van der Waals surface area (Å²) in [6.07, 6.45) is 8.55. The van der Waals surface area contributed by atoms with Gasteiger partial charge in [-0.25, -0.2) is 0 Å². The first-order chi connectivity index (χ1) is 6.80. The van der Waals surface area contributed by atoms with Crippen molar-refractivity contribution in [1.82, 2.24) is 5.32 Å². The SMILES string of the molecule is CCC1CCCCC1(C#N)NC1CC1. The topological polar surface area (TPSA) is 35.8 Å². The molecule has 2 aliphatic carbocycles. The lowest BCUT2D eigenvalue weighted by Gasteiger charge is -2.39. The van der Waals surface area contributed by atoms with Crippen molar-refractivity contribution in [3.8, 4) is 6.07 Å². The first-order valence-corrected chi connectivity index (χ1v) is 5.99. The molecule has 14 heavy (non-hydrogen) atoms. The van der Waals surface area contributed by atoms with Gasteiger partial charge in [0.15, 0.2) is 0 Å². The molecule has 2 saturated carbocycles. The average Bonchev–Trinajstić information content (AvgIpc) is 3.02. The molecule has 0 heterocycles. The maximum atomic E-state index is 9.41. The van der Waals surface area contributed by atoms with Crippen molar-refractivity contribution in [3.05, 3.63) is 0 Å². The van der Waals surface area contributed by atoms with Gasteiger partial charge in [-0.2, -0.15) is 5.26 Å². The fourth-order valence-corrected chi connectivity index (χ4v) is 2.76. The molecule has 2 aliphatic rings. The Bertz CT molecular complexity index is 239. The molecule has 0 aromatic carbocycles. The van der Waals surface area contributed by atoms with Gasteiger partial charge in [0.25, 0.3) is 0 Å². The Morgan fingerprint density at radius 3 is 2.71 bits per heavy atom. The molecule has 0 aliphatic heterocycles. The van der Waals surface area contributed by atoms with E-state index in [1.807, 2.05) is 0 Å². The normalized spacial score (nSPS) is 37.9. The van der Waals surface area contributed by atoms with E-state index < -0.39 is 0 Å². The van der Waals surface area contributed by atoms with Crippen LogP contribution in [0.1, 0.15) is 51.9 Å². The van der Waals surface area contributed by atoms with Crippen molar-refractivity contribution in [3.63, 3.8) is 0 Å². The molecule has 0 bridgehead atoms. The average molecular weight is 192 g/mol. The van der Waals surface area contributed by atoms with Crippen molar-refractivity contribution in [2.75, 3.05) is 0 Å². The molecule has 2 fully saturated rings. The predicted molar refractivity (Wildman–Crippen MR) is 56.8 cm³/mol. The maximum Gasteiger partial charge on any atom is 0.109 e. The van der Waals surface area contributed by atoms with Crippen molar-refractivity contribution in [1.29, 1.82) is 5.26 Å². The van der Waals surface area contributed by atoms with Gasteiger partial charge in [-0.1, -0.05) is 26.2 Å². The van der Waals surface area contributed by atoms with E-state index in [2.05, 4.69) is 18.3 Å². The molecular formula is C12H20N2. The van der Waals surface area contributed by atoms with Gasteiger partial charge in [-0.15, -0.1) is 0 Å². The summed E-state index contributed by atoms with van der Waals surface area (Å²) in [6, 6.07) is 3.23. The number of rotatable bonds is 3. The first-order valence-electron chi connectivity index (χ1n) is 5.99. The molecule has 78 valence electrons. The number of hydrogen-bond acceptors (Lipinski definition) is 2. The minimum Gasteiger partial charge on any atom is -0.296 e. The lowest BCUT2D eigenvalue weighted by molar-refractivity contribution is 0.189. The summed E-state index contributed by atoms with van der Waals surface area (Å²) < 4.78 is 0. The van der Waals surface area contributed by atoms with Crippen LogP contribution in [-0.4, -0.2) is 11.6 Å². The summed E-state index contributed by atoms with van der Waals surface area (Å²) in [5, 5.41) is 13.0. The summed E-state index contributed by atoms with van der Waals surface area (Å²) in [5.74, 6) is 0.585. The van der Waals surface area contributed by atoms with E-state index in [9.17, 15) is 5.26 Å². The molecule has 2 atom stereocenters. The highest BCUT2D eigenvalue weighted by molar-refractivity contribution is 5.14. The van der Waals surface area contributed by atoms with E-state index in [-0.39, 0.29) is 5.54 Å². The molecule has 0 saturated heterocycles. The van der Waals surface area contributed by atoms with Crippen molar-refractivity contribution < 1.29 is 0 Å². The van der Waals surface area contributed by atoms with Crippen LogP contribution in [-0.2, 0) is 0 Å². The Kier molecular flexibility index (Phi) is 2.78. The third-order valence-electron chi connectivity index (χ3n) is 3.80. The first kappa shape index (κ1) is 9.98. The zero-order chi connectivity index (χ0) is 10.0. The van der Waals surface area contributed by atoms with Gasteiger partial charge >= 0.3 is 0 Å². The van der Waals surface area contributed by atoms with Gasteiger partial charge < -0.3 is 0 Å². The molecule has 0 radical (unpaired) electrons. The van der Waals surface area contributed by atoms with E-state index in [4.69, 9.17) is 0 Å². The second-order valence-corrected chi connectivity index (χ2v) is 4.85. The molecule has 0 spiro atoms. The van der Waals surface area contributed by atoms with Gasteiger partial charge in [0.2, 0.25) is 0 Å². The smallest absolute Gasteiger partial charge is 0.109 e. The van der Waals surface area contributed by atoms with E-state index in [0.29, 0.717) is 12.0 Å². The van der Waals surface area contributed by atoms with Crippen LogP contribution in [0.25, 0.3) is 0 Å². The highest BCUT2D eigenvalue weighted by Crippen LogP contribution is 2.38. The van der Waals surface area contributed by atoms with E-state index >= 15 is 0 Å².